The van der Waals surface area contributed by atoms with Gasteiger partial charge in [0.2, 0.25) is 0 Å². The van der Waals surface area contributed by atoms with Gasteiger partial charge in [0, 0.05) is 12.2 Å². The highest BCUT2D eigenvalue weighted by Gasteiger charge is 2.22. The zero-order valence-corrected chi connectivity index (χ0v) is 15.4. The zero-order valence-electron chi connectivity index (χ0n) is 15.4. The van der Waals surface area contributed by atoms with Crippen molar-refractivity contribution in [3.63, 3.8) is 0 Å². The van der Waals surface area contributed by atoms with Gasteiger partial charge < -0.3 is 5.32 Å². The summed E-state index contributed by atoms with van der Waals surface area (Å²) in [5.74, 6) is 0.722. The molecule has 0 atom stereocenters. The standard InChI is InChI=1S/C23H31N/c1-23(2,3)20-14-15-22(24-17-18-10-6-4-7-11-18)21(16-20)19-12-8-5-9-13-19/h4,6-7,10-11,14-16,19,24H,5,8-9,12-13,17H2,1-3H3. The fourth-order valence-electron chi connectivity index (χ4n) is 3.73. The van der Waals surface area contributed by atoms with E-state index in [1.54, 1.807) is 0 Å². The highest BCUT2D eigenvalue weighted by atomic mass is 14.9. The van der Waals surface area contributed by atoms with Crippen molar-refractivity contribution in [2.24, 2.45) is 0 Å². The second-order valence-electron chi connectivity index (χ2n) is 8.23. The van der Waals surface area contributed by atoms with Gasteiger partial charge in [-0.1, -0.05) is 82.5 Å². The van der Waals surface area contributed by atoms with Crippen LogP contribution in [0.4, 0.5) is 5.69 Å². The average molecular weight is 322 g/mol. The third kappa shape index (κ3) is 4.20. The van der Waals surface area contributed by atoms with Gasteiger partial charge in [-0.3, -0.25) is 0 Å². The molecule has 128 valence electrons. The molecule has 0 amide bonds. The molecule has 1 N–H and O–H groups in total. The summed E-state index contributed by atoms with van der Waals surface area (Å²) in [6.07, 6.45) is 6.84. The van der Waals surface area contributed by atoms with Gasteiger partial charge >= 0.3 is 0 Å². The van der Waals surface area contributed by atoms with Crippen LogP contribution < -0.4 is 5.32 Å². The Morgan fingerprint density at radius 1 is 0.917 bits per heavy atom. The van der Waals surface area contributed by atoms with Crippen molar-refractivity contribution >= 4 is 5.69 Å². The molecule has 1 saturated carbocycles. The maximum absolute atomic E-state index is 3.71. The molecule has 0 saturated heterocycles. The zero-order chi connectivity index (χ0) is 17.0. The van der Waals surface area contributed by atoms with E-state index in [4.69, 9.17) is 0 Å². The van der Waals surface area contributed by atoms with E-state index in [0.717, 1.165) is 12.5 Å². The minimum Gasteiger partial charge on any atom is -0.381 e. The van der Waals surface area contributed by atoms with Gasteiger partial charge in [0.15, 0.2) is 0 Å². The van der Waals surface area contributed by atoms with Crippen LogP contribution in [0.1, 0.15) is 75.5 Å². The predicted molar refractivity (Wildman–Crippen MR) is 105 cm³/mol. The van der Waals surface area contributed by atoms with Crippen LogP contribution in [0.2, 0.25) is 0 Å². The van der Waals surface area contributed by atoms with E-state index in [9.17, 15) is 0 Å². The summed E-state index contributed by atoms with van der Waals surface area (Å²) in [4.78, 5) is 0. The maximum atomic E-state index is 3.71. The molecule has 0 radical (unpaired) electrons. The average Bonchev–Trinajstić information content (AvgIpc) is 2.61. The molecule has 2 aromatic carbocycles. The number of hydrogen-bond donors (Lipinski definition) is 1. The quantitative estimate of drug-likeness (QED) is 0.665. The number of hydrogen-bond acceptors (Lipinski definition) is 1. The molecular weight excluding hydrogens is 290 g/mol. The van der Waals surface area contributed by atoms with Crippen LogP contribution in [0.25, 0.3) is 0 Å². The van der Waals surface area contributed by atoms with Crippen LogP contribution in [-0.4, -0.2) is 0 Å². The molecule has 1 aliphatic carbocycles. The summed E-state index contributed by atoms with van der Waals surface area (Å²) in [5, 5.41) is 3.71. The Morgan fingerprint density at radius 3 is 2.29 bits per heavy atom. The minimum atomic E-state index is 0.210. The molecule has 1 nitrogen and oxygen atoms in total. The number of rotatable bonds is 4. The molecule has 0 unspecified atom stereocenters. The molecule has 24 heavy (non-hydrogen) atoms. The normalized spacial score (nSPS) is 16.1. The fraction of sp³-hybridized carbons (Fsp3) is 0.478. The van der Waals surface area contributed by atoms with E-state index < -0.39 is 0 Å². The first-order valence-electron chi connectivity index (χ1n) is 9.46. The van der Waals surface area contributed by atoms with Crippen molar-refractivity contribution in [3.05, 3.63) is 65.2 Å². The molecule has 0 aromatic heterocycles. The first kappa shape index (κ1) is 17.1. The molecule has 0 heterocycles. The Kier molecular flexibility index (Phi) is 5.28. The van der Waals surface area contributed by atoms with Crippen molar-refractivity contribution < 1.29 is 0 Å². The van der Waals surface area contributed by atoms with Gasteiger partial charge in [0.25, 0.3) is 0 Å². The van der Waals surface area contributed by atoms with E-state index in [1.807, 2.05) is 0 Å². The highest BCUT2D eigenvalue weighted by molar-refractivity contribution is 5.55. The summed E-state index contributed by atoms with van der Waals surface area (Å²) in [6.45, 7) is 7.83. The highest BCUT2D eigenvalue weighted by Crippen LogP contribution is 2.38. The van der Waals surface area contributed by atoms with Crippen molar-refractivity contribution in [1.82, 2.24) is 0 Å². The Morgan fingerprint density at radius 2 is 1.62 bits per heavy atom. The van der Waals surface area contributed by atoms with Crippen LogP contribution in [0, 0.1) is 0 Å². The summed E-state index contributed by atoms with van der Waals surface area (Å²) in [6, 6.07) is 17.8. The molecule has 1 aliphatic rings. The number of anilines is 1. The van der Waals surface area contributed by atoms with Gasteiger partial charge in [-0.25, -0.2) is 0 Å². The fourth-order valence-corrected chi connectivity index (χ4v) is 3.73. The number of benzene rings is 2. The maximum Gasteiger partial charge on any atom is 0.0400 e. The van der Waals surface area contributed by atoms with Gasteiger partial charge in [-0.15, -0.1) is 0 Å². The molecule has 1 heteroatoms. The molecule has 1 fully saturated rings. The Labute approximate surface area is 147 Å². The molecule has 0 aliphatic heterocycles. The lowest BCUT2D eigenvalue weighted by Gasteiger charge is -2.28. The lowest BCUT2D eigenvalue weighted by Crippen LogP contribution is -2.15. The second kappa shape index (κ2) is 7.42. The molecular formula is C23H31N. The smallest absolute Gasteiger partial charge is 0.0400 e. The first-order valence-corrected chi connectivity index (χ1v) is 9.46. The van der Waals surface area contributed by atoms with Crippen LogP contribution in [0.5, 0.6) is 0 Å². The van der Waals surface area contributed by atoms with Gasteiger partial charge in [0.1, 0.15) is 0 Å². The Hall–Kier alpha value is -1.76. The first-order chi connectivity index (χ1) is 11.5. The lowest BCUT2D eigenvalue weighted by molar-refractivity contribution is 0.443. The van der Waals surface area contributed by atoms with Crippen molar-refractivity contribution in [2.75, 3.05) is 5.32 Å². The van der Waals surface area contributed by atoms with Crippen LogP contribution in [0.3, 0.4) is 0 Å². The molecule has 2 aromatic rings. The Balaban J connectivity index is 1.86. The third-order valence-electron chi connectivity index (χ3n) is 5.29. The summed E-state index contributed by atoms with van der Waals surface area (Å²) >= 11 is 0. The van der Waals surface area contributed by atoms with Gasteiger partial charge in [-0.05, 0) is 46.9 Å². The summed E-state index contributed by atoms with van der Waals surface area (Å²) in [5.41, 5.74) is 5.87. The molecule has 0 bridgehead atoms. The third-order valence-corrected chi connectivity index (χ3v) is 5.29. The van der Waals surface area contributed by atoms with Gasteiger partial charge in [0.05, 0.1) is 0 Å². The molecule has 0 spiro atoms. The van der Waals surface area contributed by atoms with E-state index in [-0.39, 0.29) is 5.41 Å². The second-order valence-corrected chi connectivity index (χ2v) is 8.23. The molecule has 3 rings (SSSR count). The van der Waals surface area contributed by atoms with Crippen LogP contribution >= 0.6 is 0 Å². The minimum absolute atomic E-state index is 0.210. The van der Waals surface area contributed by atoms with Crippen molar-refractivity contribution in [1.29, 1.82) is 0 Å². The summed E-state index contributed by atoms with van der Waals surface area (Å²) in [7, 11) is 0. The Bertz CT molecular complexity index is 645. The monoisotopic (exact) mass is 321 g/mol. The van der Waals surface area contributed by atoms with E-state index in [2.05, 4.69) is 74.6 Å². The van der Waals surface area contributed by atoms with Crippen molar-refractivity contribution in [3.8, 4) is 0 Å². The van der Waals surface area contributed by atoms with Crippen LogP contribution in [-0.2, 0) is 12.0 Å². The van der Waals surface area contributed by atoms with E-state index in [0.29, 0.717) is 0 Å². The largest absolute Gasteiger partial charge is 0.381 e. The van der Waals surface area contributed by atoms with Gasteiger partial charge in [-0.2, -0.15) is 0 Å². The van der Waals surface area contributed by atoms with E-state index >= 15 is 0 Å². The predicted octanol–water partition coefficient (Wildman–Crippen LogP) is 6.64. The lowest BCUT2D eigenvalue weighted by atomic mass is 9.79. The topological polar surface area (TPSA) is 12.0 Å². The van der Waals surface area contributed by atoms with Crippen LogP contribution in [0.15, 0.2) is 48.5 Å². The van der Waals surface area contributed by atoms with Crippen molar-refractivity contribution in [2.45, 2.75) is 70.8 Å². The van der Waals surface area contributed by atoms with E-state index in [1.165, 1.54) is 54.5 Å². The SMILES string of the molecule is CC(C)(C)c1ccc(NCc2ccccc2)c(C2CCCCC2)c1. The summed E-state index contributed by atoms with van der Waals surface area (Å²) < 4.78 is 0. The number of nitrogens with one attached hydrogen (secondary N) is 1.